The number of carbonyl (C=O) groups is 1. The lowest BCUT2D eigenvalue weighted by atomic mass is 9.72. The molecule has 4 atom stereocenters. The fourth-order valence-electron chi connectivity index (χ4n) is 5.59. The predicted molar refractivity (Wildman–Crippen MR) is 115 cm³/mol. The van der Waals surface area contributed by atoms with E-state index < -0.39 is 11.6 Å². The van der Waals surface area contributed by atoms with Crippen LogP contribution in [0.25, 0.3) is 0 Å². The number of nitrogens with zero attached hydrogens (tertiary/aromatic N) is 1. The van der Waals surface area contributed by atoms with Gasteiger partial charge < -0.3 is 19.7 Å². The van der Waals surface area contributed by atoms with Crippen molar-refractivity contribution >= 4 is 5.97 Å². The first kappa shape index (κ1) is 20.3. The summed E-state index contributed by atoms with van der Waals surface area (Å²) in [6.45, 7) is 5.90. The van der Waals surface area contributed by atoms with Crippen molar-refractivity contribution in [1.29, 1.82) is 0 Å². The van der Waals surface area contributed by atoms with Crippen LogP contribution in [-0.4, -0.2) is 45.4 Å². The van der Waals surface area contributed by atoms with Gasteiger partial charge in [0.25, 0.3) is 0 Å². The molecule has 5 rings (SSSR count). The number of hydrogen-bond acceptors (Lipinski definition) is 5. The van der Waals surface area contributed by atoms with Gasteiger partial charge in [-0.15, -0.1) is 0 Å². The van der Waals surface area contributed by atoms with Gasteiger partial charge >= 0.3 is 5.97 Å². The van der Waals surface area contributed by atoms with Gasteiger partial charge in [0.15, 0.2) is 0 Å². The first-order valence-corrected chi connectivity index (χ1v) is 11.1. The molecule has 0 saturated carbocycles. The van der Waals surface area contributed by atoms with Gasteiger partial charge in [0, 0.05) is 30.1 Å². The van der Waals surface area contributed by atoms with Crippen LogP contribution in [0, 0.1) is 5.92 Å². The maximum absolute atomic E-state index is 11.4. The number of phenolic OH excluding ortho intramolecular Hbond substituents is 1. The molecular weight excluding hydrogens is 394 g/mol. The smallest absolute Gasteiger partial charge is 0.335 e. The summed E-state index contributed by atoms with van der Waals surface area (Å²) in [7, 11) is 0. The molecule has 0 aromatic heterocycles. The molecule has 0 bridgehead atoms. The summed E-state index contributed by atoms with van der Waals surface area (Å²) in [5.41, 5.74) is 1.95. The van der Waals surface area contributed by atoms with E-state index in [1.807, 2.05) is 18.2 Å². The molecule has 6 heteroatoms. The third-order valence-corrected chi connectivity index (χ3v) is 7.14. The molecule has 3 heterocycles. The Balaban J connectivity index is 1.41. The molecule has 6 nitrogen and oxygen atoms in total. The van der Waals surface area contributed by atoms with Gasteiger partial charge in [-0.3, -0.25) is 4.90 Å². The van der Waals surface area contributed by atoms with Gasteiger partial charge in [0.05, 0.1) is 17.8 Å². The second-order valence-corrected chi connectivity index (χ2v) is 9.55. The van der Waals surface area contributed by atoms with Crippen molar-refractivity contribution in [3.8, 4) is 11.5 Å². The lowest BCUT2D eigenvalue weighted by molar-refractivity contribution is -0.190. The molecule has 0 aliphatic carbocycles. The van der Waals surface area contributed by atoms with Gasteiger partial charge in [-0.1, -0.05) is 12.1 Å². The minimum atomic E-state index is -0.895. The van der Waals surface area contributed by atoms with Crippen molar-refractivity contribution < 1.29 is 24.5 Å². The lowest BCUT2D eigenvalue weighted by Crippen LogP contribution is -2.58. The molecule has 2 N–H and O–H groups in total. The number of phenols is 1. The summed E-state index contributed by atoms with van der Waals surface area (Å²) >= 11 is 0. The Morgan fingerprint density at radius 3 is 2.87 bits per heavy atom. The quantitative estimate of drug-likeness (QED) is 0.763. The summed E-state index contributed by atoms with van der Waals surface area (Å²) in [6.07, 6.45) is 3.12. The van der Waals surface area contributed by atoms with Gasteiger partial charge in [-0.25, -0.2) is 4.79 Å². The largest absolute Gasteiger partial charge is 0.508 e. The SMILES string of the molecule is CC1(C)Oc2cc(O)ccc2[C@@H]2O[C@@H]3CCCN(Cc4cccc(C(=O)O)c4)[C@@H]3C[C@H]21. The number of aromatic hydroxyl groups is 1. The Bertz CT molecular complexity index is 1000. The van der Waals surface area contributed by atoms with Crippen LogP contribution in [0.5, 0.6) is 11.5 Å². The van der Waals surface area contributed by atoms with E-state index in [4.69, 9.17) is 9.47 Å². The Kier molecular flexibility index (Phi) is 4.94. The van der Waals surface area contributed by atoms with E-state index in [9.17, 15) is 15.0 Å². The van der Waals surface area contributed by atoms with Crippen LogP contribution in [0.3, 0.4) is 0 Å². The highest BCUT2D eigenvalue weighted by Crippen LogP contribution is 2.53. The average molecular weight is 424 g/mol. The molecule has 31 heavy (non-hydrogen) atoms. The van der Waals surface area contributed by atoms with E-state index >= 15 is 0 Å². The Labute approximate surface area is 182 Å². The minimum absolute atomic E-state index is 0.0455. The molecule has 164 valence electrons. The number of carboxylic acids is 1. The Hall–Kier alpha value is -2.57. The Morgan fingerprint density at radius 2 is 2.06 bits per heavy atom. The molecule has 2 aromatic carbocycles. The van der Waals surface area contributed by atoms with Gasteiger partial charge in [0.2, 0.25) is 0 Å². The maximum Gasteiger partial charge on any atom is 0.335 e. The van der Waals surface area contributed by atoms with Gasteiger partial charge in [0.1, 0.15) is 17.1 Å². The van der Waals surface area contributed by atoms with Gasteiger partial charge in [-0.05, 0) is 69.5 Å². The van der Waals surface area contributed by atoms with Crippen LogP contribution < -0.4 is 4.74 Å². The van der Waals surface area contributed by atoms with Crippen LogP contribution in [0.2, 0.25) is 0 Å². The first-order chi connectivity index (χ1) is 14.8. The van der Waals surface area contributed by atoms with E-state index in [0.29, 0.717) is 11.3 Å². The second kappa shape index (κ2) is 7.53. The monoisotopic (exact) mass is 423 g/mol. The highest BCUT2D eigenvalue weighted by atomic mass is 16.5. The number of rotatable bonds is 3. The van der Waals surface area contributed by atoms with E-state index in [-0.39, 0.29) is 29.9 Å². The van der Waals surface area contributed by atoms with Crippen molar-refractivity contribution in [1.82, 2.24) is 4.90 Å². The van der Waals surface area contributed by atoms with Crippen molar-refractivity contribution in [2.45, 2.75) is 63.5 Å². The number of likely N-dealkylation sites (tertiary alicyclic amines) is 1. The van der Waals surface area contributed by atoms with Crippen molar-refractivity contribution in [3.63, 3.8) is 0 Å². The van der Waals surface area contributed by atoms with Crippen LogP contribution >= 0.6 is 0 Å². The number of benzene rings is 2. The summed E-state index contributed by atoms with van der Waals surface area (Å²) in [6, 6.07) is 12.8. The number of carboxylic acid groups (broad SMARTS) is 1. The fourth-order valence-corrected chi connectivity index (χ4v) is 5.59. The first-order valence-electron chi connectivity index (χ1n) is 11.1. The number of ether oxygens (including phenoxy) is 2. The number of fused-ring (bicyclic) bond motifs is 4. The van der Waals surface area contributed by atoms with Crippen LogP contribution in [0.4, 0.5) is 0 Å². The molecule has 0 radical (unpaired) electrons. The van der Waals surface area contributed by atoms with Crippen molar-refractivity contribution in [3.05, 3.63) is 59.2 Å². The zero-order valence-corrected chi connectivity index (χ0v) is 18.0. The van der Waals surface area contributed by atoms with E-state index in [2.05, 4.69) is 18.7 Å². The van der Waals surface area contributed by atoms with Gasteiger partial charge in [-0.2, -0.15) is 0 Å². The molecule has 0 spiro atoms. The zero-order chi connectivity index (χ0) is 21.8. The van der Waals surface area contributed by atoms with E-state index in [1.165, 1.54) is 0 Å². The molecule has 2 saturated heterocycles. The van der Waals surface area contributed by atoms with E-state index in [1.54, 1.807) is 24.3 Å². The standard InChI is InChI=1S/C25H29NO5/c1-25(2)19-13-20-21(30-23(19)18-9-8-17(27)12-22(18)31-25)7-4-10-26(20)14-15-5-3-6-16(11-15)24(28)29/h3,5-6,8-9,11-12,19-21,23,27H,4,7,10,13-14H2,1-2H3,(H,28,29)/t19-,20-,21-,23+/m1/s1. The number of hydrogen-bond donors (Lipinski definition) is 2. The molecule has 2 aromatic rings. The molecule has 3 aliphatic heterocycles. The normalized spacial score (nSPS) is 29.2. The van der Waals surface area contributed by atoms with Crippen LogP contribution in [-0.2, 0) is 11.3 Å². The predicted octanol–water partition coefficient (Wildman–Crippen LogP) is 4.37. The lowest BCUT2D eigenvalue weighted by Gasteiger charge is -2.54. The Morgan fingerprint density at radius 1 is 1.23 bits per heavy atom. The highest BCUT2D eigenvalue weighted by molar-refractivity contribution is 5.87. The summed E-state index contributed by atoms with van der Waals surface area (Å²) < 4.78 is 13.0. The molecule has 0 unspecified atom stereocenters. The molecular formula is C25H29NO5. The van der Waals surface area contributed by atoms with Crippen molar-refractivity contribution in [2.24, 2.45) is 5.92 Å². The minimum Gasteiger partial charge on any atom is -0.508 e. The zero-order valence-electron chi connectivity index (χ0n) is 18.0. The fraction of sp³-hybridized carbons (Fsp3) is 0.480. The topological polar surface area (TPSA) is 79.2 Å². The van der Waals surface area contributed by atoms with Crippen LogP contribution in [0.15, 0.2) is 42.5 Å². The molecule has 2 fully saturated rings. The summed E-state index contributed by atoms with van der Waals surface area (Å²) in [5, 5.41) is 19.2. The average Bonchev–Trinajstić information content (AvgIpc) is 2.72. The third kappa shape index (κ3) is 3.68. The second-order valence-electron chi connectivity index (χ2n) is 9.55. The number of piperidine rings is 1. The highest BCUT2D eigenvalue weighted by Gasteiger charge is 2.52. The summed E-state index contributed by atoms with van der Waals surface area (Å²) in [5.74, 6) is 0.210. The van der Waals surface area contributed by atoms with Crippen molar-refractivity contribution in [2.75, 3.05) is 6.54 Å². The van der Waals surface area contributed by atoms with Crippen LogP contribution in [0.1, 0.15) is 60.7 Å². The third-order valence-electron chi connectivity index (χ3n) is 7.14. The number of aromatic carboxylic acids is 1. The molecule has 3 aliphatic rings. The summed E-state index contributed by atoms with van der Waals surface area (Å²) in [4.78, 5) is 13.8. The molecule has 0 amide bonds. The van der Waals surface area contributed by atoms with E-state index in [0.717, 1.165) is 43.5 Å². The maximum atomic E-state index is 11.4.